The van der Waals surface area contributed by atoms with Crippen LogP contribution in [0.1, 0.15) is 39.5 Å². The van der Waals surface area contributed by atoms with Crippen LogP contribution in [0, 0.1) is 0 Å². The van der Waals surface area contributed by atoms with Crippen LogP contribution in [0.15, 0.2) is 114 Å². The Balaban J connectivity index is 1.35. The molecule has 1 atom stereocenters. The van der Waals surface area contributed by atoms with Gasteiger partial charge in [0.05, 0.1) is 36.3 Å². The van der Waals surface area contributed by atoms with Crippen LogP contribution in [0.2, 0.25) is 0 Å². The monoisotopic (exact) mass is 475 g/mol. The van der Waals surface area contributed by atoms with Crippen LogP contribution in [-0.4, -0.2) is 29.9 Å². The van der Waals surface area contributed by atoms with E-state index in [1.54, 1.807) is 31.7 Å². The van der Waals surface area contributed by atoms with Crippen molar-refractivity contribution >= 4 is 23.5 Å². The van der Waals surface area contributed by atoms with E-state index in [9.17, 15) is 4.79 Å². The van der Waals surface area contributed by atoms with E-state index in [1.807, 2.05) is 54.6 Å². The Labute approximate surface area is 209 Å². The van der Waals surface area contributed by atoms with Gasteiger partial charge in [-0.3, -0.25) is 14.8 Å². The minimum absolute atomic E-state index is 0.0596. The quantitative estimate of drug-likeness (QED) is 0.294. The number of methoxy groups -OCH3 is 1. The lowest BCUT2D eigenvalue weighted by molar-refractivity contribution is 0.0955. The average Bonchev–Trinajstić information content (AvgIpc) is 3.40. The van der Waals surface area contributed by atoms with E-state index in [-0.39, 0.29) is 11.9 Å². The molecular formula is C29H25N5O2. The molecule has 5 rings (SSSR count). The summed E-state index contributed by atoms with van der Waals surface area (Å²) in [6.07, 6.45) is 5.52. The molecule has 0 bridgehead atoms. The van der Waals surface area contributed by atoms with Gasteiger partial charge in [-0.05, 0) is 53.1 Å². The maximum Gasteiger partial charge on any atom is 0.272 e. The zero-order chi connectivity index (χ0) is 24.7. The van der Waals surface area contributed by atoms with Gasteiger partial charge in [0, 0.05) is 18.8 Å². The van der Waals surface area contributed by atoms with Crippen molar-refractivity contribution in [2.75, 3.05) is 12.1 Å². The van der Waals surface area contributed by atoms with Gasteiger partial charge in [0.25, 0.3) is 5.91 Å². The molecule has 2 heterocycles. The van der Waals surface area contributed by atoms with E-state index >= 15 is 0 Å². The molecule has 4 aromatic rings. The molecule has 0 spiro atoms. The number of ether oxygens (including phenoxy) is 1. The van der Waals surface area contributed by atoms with Gasteiger partial charge >= 0.3 is 0 Å². The number of pyridine rings is 1. The highest BCUT2D eigenvalue weighted by atomic mass is 16.5. The summed E-state index contributed by atoms with van der Waals surface area (Å²) < 4.78 is 5.34. The fourth-order valence-corrected chi connectivity index (χ4v) is 4.08. The summed E-state index contributed by atoms with van der Waals surface area (Å²) in [5, 5.41) is 11.1. The molecule has 0 fully saturated rings. The Hall–Kier alpha value is -4.78. The lowest BCUT2D eigenvalue weighted by atomic mass is 9.98. The number of amides is 1. The second-order valence-corrected chi connectivity index (χ2v) is 8.28. The molecule has 1 amide bonds. The second kappa shape index (κ2) is 10.7. The van der Waals surface area contributed by atoms with Gasteiger partial charge in [-0.2, -0.15) is 10.2 Å². The van der Waals surface area contributed by atoms with Gasteiger partial charge in [0.1, 0.15) is 5.75 Å². The summed E-state index contributed by atoms with van der Waals surface area (Å²) in [5.74, 6) is 0.518. The topological polar surface area (TPSA) is 79.2 Å². The van der Waals surface area contributed by atoms with Crippen molar-refractivity contribution in [2.24, 2.45) is 10.2 Å². The zero-order valence-electron chi connectivity index (χ0n) is 19.8. The van der Waals surface area contributed by atoms with Crippen molar-refractivity contribution in [1.82, 2.24) is 10.4 Å². The molecule has 0 saturated heterocycles. The predicted molar refractivity (Wildman–Crippen MR) is 142 cm³/mol. The number of carbonyl (C=O) groups is 1. The molecule has 1 unspecified atom stereocenters. The Morgan fingerprint density at radius 2 is 1.78 bits per heavy atom. The molecule has 0 aliphatic carbocycles. The summed E-state index contributed by atoms with van der Waals surface area (Å²) in [7, 11) is 1.67. The summed E-state index contributed by atoms with van der Waals surface area (Å²) >= 11 is 0. The van der Waals surface area contributed by atoms with Crippen molar-refractivity contribution in [1.29, 1.82) is 0 Å². The Bertz CT molecular complexity index is 1370. The van der Waals surface area contributed by atoms with Gasteiger partial charge in [0.15, 0.2) is 0 Å². The number of hydrogen-bond acceptors (Lipinski definition) is 6. The molecule has 1 aliphatic rings. The minimum atomic E-state index is -0.307. The van der Waals surface area contributed by atoms with Crippen LogP contribution in [0.25, 0.3) is 0 Å². The molecule has 7 nitrogen and oxygen atoms in total. The number of aromatic nitrogens is 1. The van der Waals surface area contributed by atoms with E-state index in [1.165, 1.54) is 6.20 Å². The summed E-state index contributed by atoms with van der Waals surface area (Å²) in [5.41, 5.74) is 8.13. The second-order valence-electron chi connectivity index (χ2n) is 8.28. The smallest absolute Gasteiger partial charge is 0.272 e. The highest BCUT2D eigenvalue weighted by Crippen LogP contribution is 2.37. The maximum absolute atomic E-state index is 12.1. The third kappa shape index (κ3) is 5.15. The maximum atomic E-state index is 12.1. The van der Waals surface area contributed by atoms with Gasteiger partial charge in [-0.1, -0.05) is 54.6 Å². The normalized spacial score (nSPS) is 15.1. The first-order chi connectivity index (χ1) is 17.7. The van der Waals surface area contributed by atoms with Crippen LogP contribution in [0.4, 0.5) is 5.69 Å². The molecule has 1 N–H and O–H groups in total. The number of nitrogens with one attached hydrogen (secondary N) is 1. The average molecular weight is 476 g/mol. The zero-order valence-corrected chi connectivity index (χ0v) is 19.8. The fraction of sp³-hybridized carbons (Fsp3) is 0.103. The Morgan fingerprint density at radius 1 is 1.00 bits per heavy atom. The van der Waals surface area contributed by atoms with Crippen molar-refractivity contribution in [3.8, 4) is 5.75 Å². The third-order valence-electron chi connectivity index (χ3n) is 5.98. The molecule has 1 aromatic heterocycles. The van der Waals surface area contributed by atoms with E-state index in [2.05, 4.69) is 44.8 Å². The van der Waals surface area contributed by atoms with Crippen molar-refractivity contribution < 1.29 is 9.53 Å². The Kier molecular flexibility index (Phi) is 6.80. The van der Waals surface area contributed by atoms with Gasteiger partial charge in [-0.15, -0.1) is 0 Å². The Morgan fingerprint density at radius 3 is 2.47 bits per heavy atom. The van der Waals surface area contributed by atoms with E-state index in [0.717, 1.165) is 40.3 Å². The van der Waals surface area contributed by atoms with Gasteiger partial charge < -0.3 is 4.74 Å². The molecule has 178 valence electrons. The first-order valence-corrected chi connectivity index (χ1v) is 11.6. The van der Waals surface area contributed by atoms with E-state index in [0.29, 0.717) is 5.56 Å². The number of benzene rings is 3. The number of anilines is 1. The minimum Gasteiger partial charge on any atom is -0.497 e. The van der Waals surface area contributed by atoms with E-state index < -0.39 is 0 Å². The standard InChI is InChI=1S/C29H25N5O2/c1-36-26-15-11-23(12-16-26)28-18-27(22-6-3-2-4-7-22)33-34(28)25-13-9-21(10-14-25)19-31-32-29(35)24-8-5-17-30-20-24/h2-17,19-20,28H,18H2,1H3,(H,32,35)/b31-19+. The predicted octanol–water partition coefficient (Wildman–Crippen LogP) is 5.21. The van der Waals surface area contributed by atoms with Gasteiger partial charge in [-0.25, -0.2) is 5.43 Å². The van der Waals surface area contributed by atoms with Crippen LogP contribution < -0.4 is 15.2 Å². The number of carbonyl (C=O) groups excluding carboxylic acids is 1. The molecule has 0 saturated carbocycles. The van der Waals surface area contributed by atoms with Gasteiger partial charge in [0.2, 0.25) is 0 Å². The van der Waals surface area contributed by atoms with Crippen molar-refractivity contribution in [2.45, 2.75) is 12.5 Å². The number of hydrogen-bond donors (Lipinski definition) is 1. The fourth-order valence-electron chi connectivity index (χ4n) is 4.08. The van der Waals surface area contributed by atoms with Crippen molar-refractivity contribution in [3.63, 3.8) is 0 Å². The highest BCUT2D eigenvalue weighted by molar-refractivity contribution is 6.03. The SMILES string of the molecule is COc1ccc(C2CC(c3ccccc3)=NN2c2ccc(/C=N/NC(=O)c3cccnc3)cc2)cc1. The number of nitrogens with zero attached hydrogens (tertiary/aromatic N) is 4. The molecular weight excluding hydrogens is 450 g/mol. The van der Waals surface area contributed by atoms with Crippen LogP contribution in [-0.2, 0) is 0 Å². The first kappa shape index (κ1) is 23.0. The molecule has 36 heavy (non-hydrogen) atoms. The molecule has 1 aliphatic heterocycles. The third-order valence-corrected chi connectivity index (χ3v) is 5.98. The van der Waals surface area contributed by atoms with E-state index in [4.69, 9.17) is 9.84 Å². The van der Waals surface area contributed by atoms with Crippen molar-refractivity contribution in [3.05, 3.63) is 126 Å². The largest absolute Gasteiger partial charge is 0.497 e. The van der Waals surface area contributed by atoms with Crippen LogP contribution >= 0.6 is 0 Å². The summed E-state index contributed by atoms with van der Waals surface area (Å²) in [4.78, 5) is 16.1. The summed E-state index contributed by atoms with van der Waals surface area (Å²) in [6.45, 7) is 0. The lowest BCUT2D eigenvalue weighted by Crippen LogP contribution is -2.18. The summed E-state index contributed by atoms with van der Waals surface area (Å²) in [6, 6.07) is 29.8. The molecule has 3 aromatic carbocycles. The lowest BCUT2D eigenvalue weighted by Gasteiger charge is -2.24. The van der Waals surface area contributed by atoms with Crippen LogP contribution in [0.5, 0.6) is 5.75 Å². The van der Waals surface area contributed by atoms with Crippen LogP contribution in [0.3, 0.4) is 0 Å². The first-order valence-electron chi connectivity index (χ1n) is 11.6. The number of hydrazone groups is 2. The molecule has 0 radical (unpaired) electrons. The molecule has 7 heteroatoms. The number of rotatable bonds is 7. The highest BCUT2D eigenvalue weighted by Gasteiger charge is 2.29.